The Hall–Kier alpha value is -2.18. The summed E-state index contributed by atoms with van der Waals surface area (Å²) in [5.74, 6) is -0.252. The first-order valence-electron chi connectivity index (χ1n) is 8.19. The van der Waals surface area contributed by atoms with E-state index in [2.05, 4.69) is 38.7 Å². The average molecular weight is 330 g/mol. The van der Waals surface area contributed by atoms with Gasteiger partial charge in [-0.1, -0.05) is 24.3 Å². The molecule has 0 radical (unpaired) electrons. The van der Waals surface area contributed by atoms with Crippen LogP contribution in [0.3, 0.4) is 0 Å². The first-order chi connectivity index (χ1) is 11.6. The minimum Gasteiger partial charge on any atom is -0.393 e. The Balaban J connectivity index is 1.80. The van der Waals surface area contributed by atoms with E-state index < -0.39 is 6.10 Å². The van der Waals surface area contributed by atoms with Crippen LogP contribution in [-0.4, -0.2) is 62.0 Å². The van der Waals surface area contributed by atoms with Crippen LogP contribution in [0.25, 0.3) is 0 Å². The number of β-amino-alcohol motifs (C(OH)–C–C–N with tert-alkyl or cyclic N) is 1. The van der Waals surface area contributed by atoms with E-state index in [4.69, 9.17) is 0 Å². The maximum atomic E-state index is 12.0. The quantitative estimate of drug-likeness (QED) is 0.497. The monoisotopic (exact) mass is 330 g/mol. The molecule has 1 atom stereocenters. The fourth-order valence-corrected chi connectivity index (χ4v) is 2.84. The first kappa shape index (κ1) is 18.2. The molecule has 130 valence electrons. The number of aliphatic hydroxyl groups is 1. The van der Waals surface area contributed by atoms with Crippen molar-refractivity contribution in [2.75, 3.05) is 33.7 Å². The largest absolute Gasteiger partial charge is 0.393 e. The van der Waals surface area contributed by atoms with E-state index >= 15 is 0 Å². The van der Waals surface area contributed by atoms with Gasteiger partial charge >= 0.3 is 0 Å². The minimum atomic E-state index is -0.603. The smallest absolute Gasteiger partial charge is 0.254 e. The number of rotatable bonds is 7. The topological polar surface area (TPSA) is 77.0 Å². The van der Waals surface area contributed by atoms with Crippen LogP contribution >= 0.6 is 0 Å². The Kier molecular flexibility index (Phi) is 6.96. The van der Waals surface area contributed by atoms with Gasteiger partial charge in [0, 0.05) is 52.7 Å². The van der Waals surface area contributed by atoms with Crippen LogP contribution < -0.4 is 10.6 Å². The molecule has 1 heterocycles. The number of hydrogen-bond donors (Lipinski definition) is 3. The van der Waals surface area contributed by atoms with Crippen LogP contribution in [0.1, 0.15) is 11.1 Å². The summed E-state index contributed by atoms with van der Waals surface area (Å²) in [7, 11) is 3.33. The van der Waals surface area contributed by atoms with Crippen molar-refractivity contribution < 1.29 is 9.90 Å². The molecule has 24 heavy (non-hydrogen) atoms. The average Bonchev–Trinajstić information content (AvgIpc) is 2.59. The second-order valence-corrected chi connectivity index (χ2v) is 5.89. The zero-order chi connectivity index (χ0) is 17.4. The molecule has 0 fully saturated rings. The minimum absolute atomic E-state index is 0.218. The second kappa shape index (κ2) is 9.20. The molecule has 0 saturated carbocycles. The number of nitrogens with one attached hydrogen (secondary N) is 2. The maximum Gasteiger partial charge on any atom is 0.254 e. The predicted octanol–water partition coefficient (Wildman–Crippen LogP) is 0.326. The third-order valence-corrected chi connectivity index (χ3v) is 4.01. The van der Waals surface area contributed by atoms with E-state index in [0.29, 0.717) is 12.1 Å². The van der Waals surface area contributed by atoms with Gasteiger partial charge in [0.2, 0.25) is 0 Å². The van der Waals surface area contributed by atoms with Gasteiger partial charge < -0.3 is 15.7 Å². The number of amides is 1. The molecule has 1 aliphatic heterocycles. The highest BCUT2D eigenvalue weighted by Gasteiger charge is 2.19. The van der Waals surface area contributed by atoms with Gasteiger partial charge in [-0.25, -0.2) is 0 Å². The lowest BCUT2D eigenvalue weighted by molar-refractivity contribution is -0.117. The van der Waals surface area contributed by atoms with Crippen molar-refractivity contribution >= 4 is 12.1 Å². The van der Waals surface area contributed by atoms with Gasteiger partial charge in [-0.3, -0.25) is 14.7 Å². The standard InChI is InChI=1S/C18H26N4O2/c1-19-9-16(10-20-2)18(24)21-11-17(23)13-22-8-7-14-5-3-4-6-15(14)12-22/h3-6,9-10,17,19,23H,7-8,11-13H2,1-2H3,(H,21,24)/b16-9+,20-10?/t17-/m1/s1. The molecule has 0 bridgehead atoms. The molecular weight excluding hydrogens is 304 g/mol. The summed E-state index contributed by atoms with van der Waals surface area (Å²) in [6, 6.07) is 8.40. The SMILES string of the molecule is CN=C/C(=C\NC)C(=O)NC[C@@H](O)CN1CCc2ccccc2C1. The predicted molar refractivity (Wildman–Crippen MR) is 96.0 cm³/mol. The molecule has 0 aromatic heterocycles. The van der Waals surface area contributed by atoms with Gasteiger partial charge in [0.25, 0.3) is 5.91 Å². The van der Waals surface area contributed by atoms with Crippen molar-refractivity contribution in [3.05, 3.63) is 47.2 Å². The summed E-state index contributed by atoms with van der Waals surface area (Å²) in [6.07, 6.45) is 3.46. The second-order valence-electron chi connectivity index (χ2n) is 5.89. The number of carbonyl (C=O) groups excluding carboxylic acids is 1. The Morgan fingerprint density at radius 2 is 2.17 bits per heavy atom. The van der Waals surface area contributed by atoms with Crippen molar-refractivity contribution in [3.63, 3.8) is 0 Å². The van der Waals surface area contributed by atoms with Crippen molar-refractivity contribution in [1.29, 1.82) is 0 Å². The van der Waals surface area contributed by atoms with Crippen molar-refractivity contribution in [2.24, 2.45) is 4.99 Å². The van der Waals surface area contributed by atoms with E-state index in [1.165, 1.54) is 17.3 Å². The third kappa shape index (κ3) is 5.18. The van der Waals surface area contributed by atoms with Crippen LogP contribution in [0.4, 0.5) is 0 Å². The molecule has 3 N–H and O–H groups in total. The number of benzene rings is 1. The number of aliphatic hydroxyl groups excluding tert-OH is 1. The third-order valence-electron chi connectivity index (χ3n) is 4.01. The van der Waals surface area contributed by atoms with Crippen molar-refractivity contribution in [3.8, 4) is 0 Å². The van der Waals surface area contributed by atoms with Gasteiger partial charge in [-0.05, 0) is 17.5 Å². The van der Waals surface area contributed by atoms with Gasteiger partial charge in [0.1, 0.15) is 0 Å². The van der Waals surface area contributed by atoms with Crippen LogP contribution in [-0.2, 0) is 17.8 Å². The zero-order valence-electron chi connectivity index (χ0n) is 14.3. The van der Waals surface area contributed by atoms with E-state index in [9.17, 15) is 9.90 Å². The number of hydrogen-bond acceptors (Lipinski definition) is 5. The first-order valence-corrected chi connectivity index (χ1v) is 8.19. The van der Waals surface area contributed by atoms with E-state index in [-0.39, 0.29) is 12.5 Å². The lowest BCUT2D eigenvalue weighted by Crippen LogP contribution is -2.42. The number of carbonyl (C=O) groups is 1. The van der Waals surface area contributed by atoms with Crippen LogP contribution in [0, 0.1) is 0 Å². The highest BCUT2D eigenvalue weighted by Crippen LogP contribution is 2.18. The van der Waals surface area contributed by atoms with Crippen LogP contribution in [0.5, 0.6) is 0 Å². The summed E-state index contributed by atoms with van der Waals surface area (Å²) in [5, 5.41) is 15.8. The molecule has 1 aromatic rings. The molecule has 2 rings (SSSR count). The van der Waals surface area contributed by atoms with E-state index in [0.717, 1.165) is 19.5 Å². The summed E-state index contributed by atoms with van der Waals surface area (Å²) in [4.78, 5) is 18.1. The summed E-state index contributed by atoms with van der Waals surface area (Å²) < 4.78 is 0. The molecule has 1 aliphatic rings. The molecule has 6 heteroatoms. The van der Waals surface area contributed by atoms with Crippen molar-refractivity contribution in [1.82, 2.24) is 15.5 Å². The molecular formula is C18H26N4O2. The lowest BCUT2D eigenvalue weighted by atomic mass is 10.00. The van der Waals surface area contributed by atoms with E-state index in [1.54, 1.807) is 20.3 Å². The molecule has 6 nitrogen and oxygen atoms in total. The van der Waals surface area contributed by atoms with Crippen molar-refractivity contribution in [2.45, 2.75) is 19.1 Å². The summed E-state index contributed by atoms with van der Waals surface area (Å²) in [5.41, 5.74) is 3.13. The zero-order valence-corrected chi connectivity index (χ0v) is 14.3. The van der Waals surface area contributed by atoms with E-state index in [1.807, 2.05) is 6.07 Å². The summed E-state index contributed by atoms with van der Waals surface area (Å²) in [6.45, 7) is 2.53. The highest BCUT2D eigenvalue weighted by atomic mass is 16.3. The van der Waals surface area contributed by atoms with Gasteiger partial charge in [-0.15, -0.1) is 0 Å². The van der Waals surface area contributed by atoms with Gasteiger partial charge in [0.05, 0.1) is 11.7 Å². The Morgan fingerprint density at radius 1 is 1.42 bits per heavy atom. The molecule has 1 aromatic carbocycles. The Labute approximate surface area is 143 Å². The number of fused-ring (bicyclic) bond motifs is 1. The van der Waals surface area contributed by atoms with Gasteiger partial charge in [0.15, 0.2) is 0 Å². The number of aliphatic imine (C=N–C) groups is 1. The fourth-order valence-electron chi connectivity index (χ4n) is 2.84. The summed E-state index contributed by atoms with van der Waals surface area (Å²) >= 11 is 0. The van der Waals surface area contributed by atoms with Crippen LogP contribution in [0.2, 0.25) is 0 Å². The molecule has 1 amide bonds. The fraction of sp³-hybridized carbons (Fsp3) is 0.444. The van der Waals surface area contributed by atoms with Gasteiger partial charge in [-0.2, -0.15) is 0 Å². The Morgan fingerprint density at radius 3 is 2.88 bits per heavy atom. The lowest BCUT2D eigenvalue weighted by Gasteiger charge is -2.30. The van der Waals surface area contributed by atoms with Crippen LogP contribution in [0.15, 0.2) is 41.0 Å². The molecule has 0 unspecified atom stereocenters. The normalized spacial score (nSPS) is 16.7. The molecule has 0 spiro atoms. The molecule has 0 saturated heterocycles. The Bertz CT molecular complexity index is 613. The molecule has 0 aliphatic carbocycles. The highest BCUT2D eigenvalue weighted by molar-refractivity contribution is 6.12. The number of nitrogens with zero attached hydrogens (tertiary/aromatic N) is 2. The maximum absolute atomic E-state index is 12.0.